The number of carbonyl (C=O) groups is 3. The largest absolute Gasteiger partial charge is 0.504 e. The molecule has 2 aliphatic rings. The van der Waals surface area contributed by atoms with Crippen molar-refractivity contribution in [1.29, 1.82) is 0 Å². The van der Waals surface area contributed by atoms with Crippen LogP contribution >= 0.6 is 0 Å². The monoisotopic (exact) mass is 436 g/mol. The van der Waals surface area contributed by atoms with Crippen molar-refractivity contribution in [1.82, 2.24) is 0 Å². The lowest BCUT2D eigenvalue weighted by atomic mass is 10.1. The first-order valence-electron chi connectivity index (χ1n) is 7.84. The number of aromatic hydroxyl groups is 4. The van der Waals surface area contributed by atoms with Crippen LogP contribution in [0.5, 0.6) is 23.0 Å². The van der Waals surface area contributed by atoms with E-state index in [4.69, 9.17) is 10.2 Å². The minimum absolute atomic E-state index is 0.0136. The van der Waals surface area contributed by atoms with Crippen molar-refractivity contribution < 1.29 is 54.1 Å². The first-order valence-corrected chi connectivity index (χ1v) is 7.84. The maximum absolute atomic E-state index is 11.1. The van der Waals surface area contributed by atoms with Crippen LogP contribution in [0.3, 0.4) is 0 Å². The second kappa shape index (κ2) is 7.14. The molecule has 2 aromatic rings. The van der Waals surface area contributed by atoms with Gasteiger partial charge in [-0.2, -0.15) is 0 Å². The number of nitro benzene ring substituents is 2. The fourth-order valence-corrected chi connectivity index (χ4v) is 2.80. The average Bonchev–Trinajstić information content (AvgIpc) is 3.16. The first kappa shape index (κ1) is 20.8. The third-order valence-electron chi connectivity index (χ3n) is 4.16. The molecule has 160 valence electrons. The Hall–Kier alpha value is -4.95. The molecule has 0 saturated heterocycles. The standard InChI is InChI=1S/C8H3NO7.C8H5NO6/c10-3-1-2-4(8(13)16-7(2)12)5(6(3)11)9(14)15;10-5-1-3-4(2-15-8(3)12)6(7(5)11)9(13)14/h1,10-11H;1,10-11H,2H2. The van der Waals surface area contributed by atoms with Crippen LogP contribution in [0, 0.1) is 20.2 Å². The van der Waals surface area contributed by atoms with E-state index in [-0.39, 0.29) is 17.7 Å². The molecule has 4 rings (SSSR count). The van der Waals surface area contributed by atoms with Crippen LogP contribution in [-0.4, -0.2) is 48.2 Å². The summed E-state index contributed by atoms with van der Waals surface area (Å²) in [5, 5.41) is 58.0. The number of phenols is 4. The van der Waals surface area contributed by atoms with E-state index in [9.17, 15) is 44.8 Å². The molecule has 0 amide bonds. The summed E-state index contributed by atoms with van der Waals surface area (Å²) in [6.45, 7) is -0.266. The summed E-state index contributed by atoms with van der Waals surface area (Å²) in [5.74, 6) is -6.56. The van der Waals surface area contributed by atoms with E-state index in [1.165, 1.54) is 0 Å². The molecular formula is C16H8N2O13. The summed E-state index contributed by atoms with van der Waals surface area (Å²) in [4.78, 5) is 52.5. The summed E-state index contributed by atoms with van der Waals surface area (Å²) < 4.78 is 8.69. The number of fused-ring (bicyclic) bond motifs is 2. The van der Waals surface area contributed by atoms with Gasteiger partial charge in [-0.05, 0) is 12.1 Å². The van der Waals surface area contributed by atoms with Crippen molar-refractivity contribution in [2.45, 2.75) is 6.61 Å². The summed E-state index contributed by atoms with van der Waals surface area (Å²) in [6.07, 6.45) is 0. The molecule has 0 unspecified atom stereocenters. The van der Waals surface area contributed by atoms with Gasteiger partial charge in [0.1, 0.15) is 6.61 Å². The molecule has 31 heavy (non-hydrogen) atoms. The Bertz CT molecular complexity index is 1220. The molecule has 15 nitrogen and oxygen atoms in total. The Morgan fingerprint density at radius 2 is 1.29 bits per heavy atom. The van der Waals surface area contributed by atoms with Crippen LogP contribution in [0.1, 0.15) is 36.6 Å². The topological polar surface area (TPSA) is 237 Å². The second-order valence-electron chi connectivity index (χ2n) is 5.90. The second-order valence-corrected chi connectivity index (χ2v) is 5.90. The molecule has 2 aliphatic heterocycles. The van der Waals surface area contributed by atoms with Gasteiger partial charge in [0.15, 0.2) is 17.1 Å². The number of esters is 3. The minimum atomic E-state index is -1.22. The molecule has 0 bridgehead atoms. The number of carbonyl (C=O) groups excluding carboxylic acids is 3. The van der Waals surface area contributed by atoms with Gasteiger partial charge in [0.25, 0.3) is 0 Å². The molecule has 0 atom stereocenters. The zero-order valence-electron chi connectivity index (χ0n) is 14.7. The number of benzene rings is 2. The maximum Gasteiger partial charge on any atom is 0.354 e. The molecule has 0 fully saturated rings. The molecule has 4 N–H and O–H groups in total. The van der Waals surface area contributed by atoms with Crippen molar-refractivity contribution in [3.8, 4) is 23.0 Å². The fraction of sp³-hybridized carbons (Fsp3) is 0.0625. The maximum atomic E-state index is 11.1. The number of phenolic OH excluding ortho intramolecular Hbond substituents is 4. The van der Waals surface area contributed by atoms with Gasteiger partial charge in [-0.25, -0.2) is 14.4 Å². The molecule has 0 aromatic heterocycles. The molecule has 15 heteroatoms. The Morgan fingerprint density at radius 1 is 0.774 bits per heavy atom. The van der Waals surface area contributed by atoms with Gasteiger partial charge >= 0.3 is 29.3 Å². The number of nitro groups is 2. The Kier molecular flexibility index (Phi) is 4.78. The van der Waals surface area contributed by atoms with Gasteiger partial charge in [0.05, 0.1) is 26.5 Å². The van der Waals surface area contributed by atoms with E-state index in [0.29, 0.717) is 0 Å². The van der Waals surface area contributed by atoms with E-state index < -0.39 is 73.3 Å². The predicted octanol–water partition coefficient (Wildman–Crippen LogP) is 0.993. The van der Waals surface area contributed by atoms with Crippen molar-refractivity contribution in [3.05, 3.63) is 54.6 Å². The van der Waals surface area contributed by atoms with E-state index >= 15 is 0 Å². The number of cyclic esters (lactones) is 3. The Morgan fingerprint density at radius 3 is 1.84 bits per heavy atom. The van der Waals surface area contributed by atoms with E-state index in [1.807, 2.05) is 0 Å². The number of hydrogen-bond donors (Lipinski definition) is 4. The molecule has 0 radical (unpaired) electrons. The number of rotatable bonds is 2. The lowest BCUT2D eigenvalue weighted by Gasteiger charge is -2.02. The predicted molar refractivity (Wildman–Crippen MR) is 91.7 cm³/mol. The highest BCUT2D eigenvalue weighted by molar-refractivity contribution is 6.17. The SMILES string of the molecule is O=C1OC(=O)c2c1cc(O)c(O)c2[N+](=O)[O-].O=C1OCc2c1cc(O)c(O)c2[N+](=O)[O-]. The minimum Gasteiger partial charge on any atom is -0.504 e. The van der Waals surface area contributed by atoms with Crippen molar-refractivity contribution >= 4 is 29.3 Å². The Balaban J connectivity index is 0.000000176. The molecule has 2 aromatic carbocycles. The zero-order valence-corrected chi connectivity index (χ0v) is 14.7. The normalized spacial score (nSPS) is 13.5. The molecule has 2 heterocycles. The van der Waals surface area contributed by atoms with Crippen LogP contribution in [-0.2, 0) is 16.1 Å². The van der Waals surface area contributed by atoms with Gasteiger partial charge in [-0.3, -0.25) is 20.2 Å². The number of ether oxygens (including phenoxy) is 2. The summed E-state index contributed by atoms with van der Waals surface area (Å²) in [5.41, 5.74) is -2.91. The summed E-state index contributed by atoms with van der Waals surface area (Å²) >= 11 is 0. The molecule has 0 saturated carbocycles. The molecular weight excluding hydrogens is 428 g/mol. The van der Waals surface area contributed by atoms with Gasteiger partial charge in [-0.15, -0.1) is 0 Å². The number of nitrogens with zero attached hydrogens (tertiary/aromatic N) is 2. The highest BCUT2D eigenvalue weighted by atomic mass is 16.6. The van der Waals surface area contributed by atoms with Gasteiger partial charge < -0.3 is 29.9 Å². The highest BCUT2D eigenvalue weighted by Crippen LogP contribution is 2.43. The first-order chi connectivity index (χ1) is 14.5. The van der Waals surface area contributed by atoms with Gasteiger partial charge in [-0.1, -0.05) is 0 Å². The van der Waals surface area contributed by atoms with E-state index in [0.717, 1.165) is 12.1 Å². The quantitative estimate of drug-likeness (QED) is 0.169. The van der Waals surface area contributed by atoms with Crippen LogP contribution in [0.15, 0.2) is 12.1 Å². The zero-order chi connectivity index (χ0) is 23.2. The third-order valence-corrected chi connectivity index (χ3v) is 4.16. The fourth-order valence-electron chi connectivity index (χ4n) is 2.80. The smallest absolute Gasteiger partial charge is 0.354 e. The van der Waals surface area contributed by atoms with Crippen molar-refractivity contribution in [2.75, 3.05) is 0 Å². The third kappa shape index (κ3) is 3.24. The van der Waals surface area contributed by atoms with E-state index in [2.05, 4.69) is 9.47 Å². The molecule has 0 spiro atoms. The van der Waals surface area contributed by atoms with Crippen LogP contribution < -0.4 is 0 Å². The number of hydrogen-bond acceptors (Lipinski definition) is 13. The van der Waals surface area contributed by atoms with E-state index in [1.54, 1.807) is 0 Å². The van der Waals surface area contributed by atoms with Crippen LogP contribution in [0.4, 0.5) is 11.4 Å². The lowest BCUT2D eigenvalue weighted by molar-refractivity contribution is -0.386. The van der Waals surface area contributed by atoms with Crippen LogP contribution in [0.25, 0.3) is 0 Å². The van der Waals surface area contributed by atoms with Gasteiger partial charge in [0.2, 0.25) is 11.5 Å². The highest BCUT2D eigenvalue weighted by Gasteiger charge is 2.41. The summed E-state index contributed by atoms with van der Waals surface area (Å²) in [6, 6.07) is 1.69. The van der Waals surface area contributed by atoms with Crippen molar-refractivity contribution in [3.63, 3.8) is 0 Å². The van der Waals surface area contributed by atoms with Crippen LogP contribution in [0.2, 0.25) is 0 Å². The lowest BCUT2D eigenvalue weighted by Crippen LogP contribution is -2.01. The average molecular weight is 436 g/mol. The summed E-state index contributed by atoms with van der Waals surface area (Å²) in [7, 11) is 0. The van der Waals surface area contributed by atoms with Crippen molar-refractivity contribution in [2.24, 2.45) is 0 Å². The molecule has 0 aliphatic carbocycles. The Labute approximate surface area is 168 Å². The van der Waals surface area contributed by atoms with Gasteiger partial charge in [0, 0.05) is 0 Å².